The topological polar surface area (TPSA) is 64.7 Å². The van der Waals surface area contributed by atoms with Gasteiger partial charge in [-0.15, -0.1) is 0 Å². The highest BCUT2D eigenvalue weighted by Gasteiger charge is 2.13. The van der Waals surface area contributed by atoms with Crippen molar-refractivity contribution < 1.29 is 9.18 Å². The smallest absolute Gasteiger partial charge is 0.275 e. The van der Waals surface area contributed by atoms with Crippen LogP contribution in [0.5, 0.6) is 0 Å². The van der Waals surface area contributed by atoms with Gasteiger partial charge in [0, 0.05) is 30.0 Å². The molecule has 6 nitrogen and oxygen atoms in total. The van der Waals surface area contributed by atoms with E-state index in [9.17, 15) is 9.18 Å². The van der Waals surface area contributed by atoms with Gasteiger partial charge in [0.2, 0.25) is 0 Å². The van der Waals surface area contributed by atoms with Crippen LogP contribution in [0.15, 0.2) is 42.7 Å². The monoisotopic (exact) mass is 347 g/mol. The molecular formula is C16H15ClFN5O. The Kier molecular flexibility index (Phi) is 4.61. The molecular weight excluding hydrogens is 333 g/mol. The molecule has 1 aromatic carbocycles. The van der Waals surface area contributed by atoms with Crippen LogP contribution in [0.3, 0.4) is 0 Å². The first-order valence-electron chi connectivity index (χ1n) is 7.37. The summed E-state index contributed by atoms with van der Waals surface area (Å²) in [5.74, 6) is -0.244. The summed E-state index contributed by atoms with van der Waals surface area (Å²) in [4.78, 5) is 12.2. The number of nitrogens with zero attached hydrogens (tertiary/aromatic N) is 4. The van der Waals surface area contributed by atoms with E-state index in [-0.39, 0.29) is 11.7 Å². The molecule has 0 saturated heterocycles. The van der Waals surface area contributed by atoms with Crippen molar-refractivity contribution in [1.82, 2.24) is 19.6 Å². The van der Waals surface area contributed by atoms with Gasteiger partial charge in [0.25, 0.3) is 5.91 Å². The summed E-state index contributed by atoms with van der Waals surface area (Å²) in [6.07, 6.45) is 3.29. The lowest BCUT2D eigenvalue weighted by atomic mass is 10.2. The molecule has 0 fully saturated rings. The summed E-state index contributed by atoms with van der Waals surface area (Å²) < 4.78 is 16.3. The number of carbonyl (C=O) groups excluding carboxylic acids is 1. The molecule has 3 aromatic rings. The van der Waals surface area contributed by atoms with Crippen molar-refractivity contribution in [3.05, 3.63) is 64.8 Å². The summed E-state index contributed by atoms with van der Waals surface area (Å²) in [5.41, 5.74) is 1.21. The average molecular weight is 348 g/mol. The maximum absolute atomic E-state index is 13.1. The lowest BCUT2D eigenvalue weighted by molar-refractivity contribution is 0.101. The van der Waals surface area contributed by atoms with Gasteiger partial charge in [-0.1, -0.05) is 17.7 Å². The zero-order valence-electron chi connectivity index (χ0n) is 12.9. The van der Waals surface area contributed by atoms with Crippen molar-refractivity contribution in [2.75, 3.05) is 5.32 Å². The Hall–Kier alpha value is -2.67. The van der Waals surface area contributed by atoms with Crippen molar-refractivity contribution in [2.45, 2.75) is 20.0 Å². The standard InChI is InChI=1S/C16H15ClFN5O/c1-2-23-14(5-7-19-23)16(24)20-15-6-8-22(21-15)10-11-3-4-12(18)9-13(11)17/h3-9H,2,10H2,1H3,(H,20,21,24). The number of benzene rings is 1. The Labute approximate surface area is 142 Å². The molecule has 0 aliphatic rings. The maximum atomic E-state index is 13.1. The number of rotatable bonds is 5. The van der Waals surface area contributed by atoms with E-state index in [0.717, 1.165) is 5.56 Å². The van der Waals surface area contributed by atoms with E-state index in [1.54, 1.807) is 40.0 Å². The van der Waals surface area contributed by atoms with Crippen LogP contribution in [0.1, 0.15) is 23.0 Å². The summed E-state index contributed by atoms with van der Waals surface area (Å²) in [7, 11) is 0. The Morgan fingerprint density at radius 1 is 1.33 bits per heavy atom. The van der Waals surface area contributed by atoms with Gasteiger partial charge in [-0.25, -0.2) is 4.39 Å². The molecule has 124 valence electrons. The summed E-state index contributed by atoms with van der Waals surface area (Å²) in [6.45, 7) is 2.89. The highest BCUT2D eigenvalue weighted by molar-refractivity contribution is 6.31. The molecule has 3 rings (SSSR count). The van der Waals surface area contributed by atoms with Gasteiger partial charge in [0.1, 0.15) is 11.5 Å². The number of hydrogen-bond donors (Lipinski definition) is 1. The predicted octanol–water partition coefficient (Wildman–Crippen LogP) is 3.19. The number of aryl methyl sites for hydroxylation is 1. The summed E-state index contributed by atoms with van der Waals surface area (Å²) >= 11 is 6.01. The van der Waals surface area contributed by atoms with E-state index in [1.807, 2.05) is 6.92 Å². The van der Waals surface area contributed by atoms with Crippen LogP contribution in [0, 0.1) is 5.82 Å². The Morgan fingerprint density at radius 3 is 2.92 bits per heavy atom. The lowest BCUT2D eigenvalue weighted by Crippen LogP contribution is -2.17. The van der Waals surface area contributed by atoms with E-state index < -0.39 is 0 Å². The van der Waals surface area contributed by atoms with Gasteiger partial charge >= 0.3 is 0 Å². The second-order valence-electron chi connectivity index (χ2n) is 5.12. The number of halogens is 2. The zero-order valence-corrected chi connectivity index (χ0v) is 13.7. The Balaban J connectivity index is 1.70. The Morgan fingerprint density at radius 2 is 2.17 bits per heavy atom. The van der Waals surface area contributed by atoms with Gasteiger partial charge < -0.3 is 5.32 Å². The quantitative estimate of drug-likeness (QED) is 0.770. The molecule has 1 N–H and O–H groups in total. The van der Waals surface area contributed by atoms with Crippen LogP contribution in [-0.4, -0.2) is 25.5 Å². The fourth-order valence-electron chi connectivity index (χ4n) is 2.30. The highest BCUT2D eigenvalue weighted by atomic mass is 35.5. The maximum Gasteiger partial charge on any atom is 0.275 e. The number of carbonyl (C=O) groups is 1. The van der Waals surface area contributed by atoms with Crippen LogP contribution in [0.25, 0.3) is 0 Å². The predicted molar refractivity (Wildman–Crippen MR) is 88.6 cm³/mol. The zero-order chi connectivity index (χ0) is 17.1. The number of amides is 1. The number of hydrogen-bond acceptors (Lipinski definition) is 3. The molecule has 0 atom stereocenters. The fourth-order valence-corrected chi connectivity index (χ4v) is 2.53. The number of nitrogens with one attached hydrogen (secondary N) is 1. The molecule has 0 saturated carbocycles. The van der Waals surface area contributed by atoms with E-state index in [2.05, 4.69) is 15.5 Å². The van der Waals surface area contributed by atoms with E-state index in [1.165, 1.54) is 12.1 Å². The first-order chi connectivity index (χ1) is 11.6. The second-order valence-corrected chi connectivity index (χ2v) is 5.53. The fraction of sp³-hybridized carbons (Fsp3) is 0.188. The van der Waals surface area contributed by atoms with Gasteiger partial charge in [-0.05, 0) is 30.7 Å². The molecule has 2 aromatic heterocycles. The molecule has 0 spiro atoms. The summed E-state index contributed by atoms with van der Waals surface area (Å²) in [5, 5.41) is 11.4. The molecule has 0 radical (unpaired) electrons. The van der Waals surface area contributed by atoms with Crippen LogP contribution in [-0.2, 0) is 13.1 Å². The molecule has 1 amide bonds. The van der Waals surface area contributed by atoms with Crippen molar-refractivity contribution in [2.24, 2.45) is 0 Å². The average Bonchev–Trinajstić information content (AvgIpc) is 3.19. The number of aromatic nitrogens is 4. The largest absolute Gasteiger partial charge is 0.304 e. The van der Waals surface area contributed by atoms with Gasteiger partial charge in [0.05, 0.1) is 6.54 Å². The summed E-state index contributed by atoms with van der Waals surface area (Å²) in [6, 6.07) is 7.54. The van der Waals surface area contributed by atoms with Crippen LogP contribution < -0.4 is 5.32 Å². The van der Waals surface area contributed by atoms with Crippen LogP contribution in [0.2, 0.25) is 5.02 Å². The van der Waals surface area contributed by atoms with Crippen LogP contribution in [0.4, 0.5) is 10.2 Å². The van der Waals surface area contributed by atoms with Gasteiger partial charge in [-0.2, -0.15) is 10.2 Å². The Bertz CT molecular complexity index is 873. The van der Waals surface area contributed by atoms with Crippen molar-refractivity contribution in [3.8, 4) is 0 Å². The minimum absolute atomic E-state index is 0.278. The van der Waals surface area contributed by atoms with Gasteiger partial charge in [-0.3, -0.25) is 14.2 Å². The number of anilines is 1. The molecule has 2 heterocycles. The van der Waals surface area contributed by atoms with Crippen molar-refractivity contribution in [1.29, 1.82) is 0 Å². The minimum atomic E-state index is -0.385. The van der Waals surface area contributed by atoms with Crippen molar-refractivity contribution >= 4 is 23.3 Å². The SMILES string of the molecule is CCn1nccc1C(=O)Nc1ccn(Cc2ccc(F)cc2Cl)n1. The normalized spacial score (nSPS) is 10.8. The van der Waals surface area contributed by atoms with Crippen molar-refractivity contribution in [3.63, 3.8) is 0 Å². The first-order valence-corrected chi connectivity index (χ1v) is 7.75. The van der Waals surface area contributed by atoms with E-state index in [4.69, 9.17) is 11.6 Å². The van der Waals surface area contributed by atoms with Crippen LogP contribution >= 0.6 is 11.6 Å². The minimum Gasteiger partial charge on any atom is -0.304 e. The highest BCUT2D eigenvalue weighted by Crippen LogP contribution is 2.18. The first kappa shape index (κ1) is 16.2. The molecule has 8 heteroatoms. The van der Waals surface area contributed by atoms with Gasteiger partial charge in [0.15, 0.2) is 5.82 Å². The molecule has 0 aliphatic heterocycles. The third kappa shape index (κ3) is 3.46. The molecule has 24 heavy (non-hydrogen) atoms. The molecule has 0 bridgehead atoms. The molecule has 0 unspecified atom stereocenters. The molecule has 0 aliphatic carbocycles. The third-order valence-electron chi connectivity index (χ3n) is 3.48. The van der Waals surface area contributed by atoms with E-state index in [0.29, 0.717) is 29.6 Å². The lowest BCUT2D eigenvalue weighted by Gasteiger charge is -2.06. The third-order valence-corrected chi connectivity index (χ3v) is 3.83. The second kappa shape index (κ2) is 6.84. The van der Waals surface area contributed by atoms with E-state index >= 15 is 0 Å².